The molecule has 0 spiro atoms. The zero-order valence-electron chi connectivity index (χ0n) is 21.9. The smallest absolute Gasteiger partial charge is 0.301 e. The number of pyridine rings is 1. The fourth-order valence-electron chi connectivity index (χ4n) is 4.48. The molecule has 1 N–H and O–H groups in total. The Balaban J connectivity index is 1.64. The Hall–Kier alpha value is -4.04. The number of aromatic nitrogens is 2. The highest BCUT2D eigenvalue weighted by molar-refractivity contribution is 7.22. The van der Waals surface area contributed by atoms with Crippen molar-refractivity contribution in [1.29, 1.82) is 0 Å². The minimum atomic E-state index is -0.877. The number of ether oxygens (including phenoxy) is 1. The lowest BCUT2D eigenvalue weighted by atomic mass is 9.87. The number of hydrogen-bond acceptors (Lipinski definition) is 7. The van der Waals surface area contributed by atoms with Crippen LogP contribution in [0.5, 0.6) is 5.75 Å². The fraction of sp³-hybridized carbons (Fsp3) is 0.267. The molecule has 1 amide bonds. The van der Waals surface area contributed by atoms with E-state index in [1.807, 2.05) is 26.0 Å². The molecule has 0 aliphatic carbocycles. The van der Waals surface area contributed by atoms with Crippen LogP contribution in [0.1, 0.15) is 57.4 Å². The molecule has 7 nitrogen and oxygen atoms in total. The predicted molar refractivity (Wildman–Crippen MR) is 150 cm³/mol. The van der Waals surface area contributed by atoms with Crippen molar-refractivity contribution in [2.75, 3.05) is 4.90 Å². The zero-order valence-corrected chi connectivity index (χ0v) is 22.7. The first-order valence-electron chi connectivity index (χ1n) is 12.4. The van der Waals surface area contributed by atoms with Crippen molar-refractivity contribution >= 4 is 44.1 Å². The number of thiazole rings is 1. The maximum atomic E-state index is 13.5. The second-order valence-electron chi connectivity index (χ2n) is 10.6. The molecule has 1 unspecified atom stereocenters. The van der Waals surface area contributed by atoms with Crippen LogP contribution in [0, 0.1) is 0 Å². The largest absolute Gasteiger partial charge is 0.507 e. The Morgan fingerprint density at radius 2 is 1.82 bits per heavy atom. The normalized spacial score (nSPS) is 17.5. The van der Waals surface area contributed by atoms with Crippen LogP contribution < -0.4 is 9.64 Å². The number of nitrogens with zero attached hydrogens (tertiary/aromatic N) is 3. The highest BCUT2D eigenvalue weighted by atomic mass is 32.1. The maximum Gasteiger partial charge on any atom is 0.301 e. The van der Waals surface area contributed by atoms with Gasteiger partial charge < -0.3 is 9.84 Å². The summed E-state index contributed by atoms with van der Waals surface area (Å²) in [5.74, 6) is -1.12. The average molecular weight is 528 g/mol. The standard InChI is InChI=1S/C30H29N3O4S/c1-17(2)37-21-11-8-18(9-12-21)26(34)24-25(19-7-6-14-31-16-19)33(28(36)27(24)35)29-32-22-13-10-20(30(3,4)5)15-23(22)38-29/h6-17,25,34H,1-5H3/b26-24+. The topological polar surface area (TPSA) is 92.6 Å². The second kappa shape index (κ2) is 9.68. The molecule has 1 atom stereocenters. The van der Waals surface area contributed by atoms with E-state index in [9.17, 15) is 14.7 Å². The number of Topliss-reactive ketones (excluding diaryl/α,β-unsaturated/α-hetero) is 1. The number of fused-ring (bicyclic) bond motifs is 1. The van der Waals surface area contributed by atoms with Crippen molar-refractivity contribution in [2.45, 2.75) is 52.2 Å². The molecule has 1 fully saturated rings. The summed E-state index contributed by atoms with van der Waals surface area (Å²) in [6, 6.07) is 15.5. The quantitative estimate of drug-likeness (QED) is 0.183. The van der Waals surface area contributed by atoms with Gasteiger partial charge in [-0.3, -0.25) is 19.5 Å². The summed E-state index contributed by atoms with van der Waals surface area (Å²) in [6.45, 7) is 10.3. The summed E-state index contributed by atoms with van der Waals surface area (Å²) in [5.41, 5.74) is 2.85. The van der Waals surface area contributed by atoms with Crippen LogP contribution in [0.4, 0.5) is 5.13 Å². The maximum absolute atomic E-state index is 13.5. The van der Waals surface area contributed by atoms with Crippen molar-refractivity contribution in [2.24, 2.45) is 0 Å². The third-order valence-corrected chi connectivity index (χ3v) is 7.41. The minimum Gasteiger partial charge on any atom is -0.507 e. The number of rotatable bonds is 5. The van der Waals surface area contributed by atoms with Crippen LogP contribution in [0.3, 0.4) is 0 Å². The van der Waals surface area contributed by atoms with E-state index >= 15 is 0 Å². The Morgan fingerprint density at radius 3 is 2.45 bits per heavy atom. The minimum absolute atomic E-state index is 0.00126. The zero-order chi connectivity index (χ0) is 27.2. The van der Waals surface area contributed by atoms with Gasteiger partial charge in [-0.15, -0.1) is 0 Å². The highest BCUT2D eigenvalue weighted by Crippen LogP contribution is 2.44. The van der Waals surface area contributed by atoms with Gasteiger partial charge in [0.2, 0.25) is 0 Å². The van der Waals surface area contributed by atoms with E-state index in [0.717, 1.165) is 15.8 Å². The molecule has 1 aliphatic rings. The van der Waals surface area contributed by atoms with Crippen LogP contribution in [0.25, 0.3) is 16.0 Å². The van der Waals surface area contributed by atoms with Crippen LogP contribution in [0.2, 0.25) is 0 Å². The van der Waals surface area contributed by atoms with Crippen LogP contribution in [-0.4, -0.2) is 32.9 Å². The number of aliphatic hydroxyl groups is 1. The molecule has 0 radical (unpaired) electrons. The van der Waals surface area contributed by atoms with Gasteiger partial charge >= 0.3 is 5.91 Å². The number of amides is 1. The third kappa shape index (κ3) is 4.67. The van der Waals surface area contributed by atoms with Crippen molar-refractivity contribution in [3.05, 3.63) is 89.3 Å². The molecule has 2 aromatic carbocycles. The van der Waals surface area contributed by atoms with Crippen LogP contribution in [-0.2, 0) is 15.0 Å². The number of carbonyl (C=O) groups is 2. The van der Waals surface area contributed by atoms with Gasteiger partial charge in [0.05, 0.1) is 27.9 Å². The Kier molecular flexibility index (Phi) is 6.53. The molecule has 5 rings (SSSR count). The van der Waals surface area contributed by atoms with Gasteiger partial charge in [0.1, 0.15) is 11.5 Å². The number of anilines is 1. The van der Waals surface area contributed by atoms with Crippen molar-refractivity contribution in [3.63, 3.8) is 0 Å². The molecule has 4 aromatic rings. The SMILES string of the molecule is CC(C)Oc1ccc(/C(O)=C2\C(=O)C(=O)N(c3nc4ccc(C(C)(C)C)cc4s3)C2c2cccnc2)cc1. The lowest BCUT2D eigenvalue weighted by Gasteiger charge is -2.22. The number of aliphatic hydroxyl groups excluding tert-OH is 1. The molecule has 1 aliphatic heterocycles. The molecule has 8 heteroatoms. The second-order valence-corrected chi connectivity index (χ2v) is 11.6. The number of ketones is 1. The monoisotopic (exact) mass is 527 g/mol. The first kappa shape index (κ1) is 25.6. The molecule has 0 saturated carbocycles. The molecule has 194 valence electrons. The fourth-order valence-corrected chi connectivity index (χ4v) is 5.52. The molecular formula is C30H29N3O4S. The van der Waals surface area contributed by atoms with Gasteiger partial charge in [0.25, 0.3) is 5.78 Å². The lowest BCUT2D eigenvalue weighted by molar-refractivity contribution is -0.132. The van der Waals surface area contributed by atoms with Gasteiger partial charge in [0, 0.05) is 18.0 Å². The van der Waals surface area contributed by atoms with E-state index in [2.05, 4.69) is 31.8 Å². The summed E-state index contributed by atoms with van der Waals surface area (Å²) in [5, 5.41) is 11.7. The van der Waals surface area contributed by atoms with Gasteiger partial charge in [-0.2, -0.15) is 0 Å². The predicted octanol–water partition coefficient (Wildman–Crippen LogP) is 6.40. The number of benzene rings is 2. The molecule has 2 aromatic heterocycles. The Morgan fingerprint density at radius 1 is 1.08 bits per heavy atom. The van der Waals surface area contributed by atoms with Gasteiger partial charge in [-0.25, -0.2) is 4.98 Å². The first-order chi connectivity index (χ1) is 18.0. The summed E-state index contributed by atoms with van der Waals surface area (Å²) in [6.07, 6.45) is 3.22. The van der Waals surface area contributed by atoms with Crippen LogP contribution in [0.15, 0.2) is 72.6 Å². The highest BCUT2D eigenvalue weighted by Gasteiger charge is 2.48. The number of hydrogen-bond donors (Lipinski definition) is 1. The van der Waals surface area contributed by atoms with Crippen molar-refractivity contribution < 1.29 is 19.4 Å². The van der Waals surface area contributed by atoms with E-state index < -0.39 is 17.7 Å². The van der Waals surface area contributed by atoms with Crippen molar-refractivity contribution in [3.8, 4) is 5.75 Å². The first-order valence-corrected chi connectivity index (χ1v) is 13.3. The Bertz CT molecular complexity index is 1550. The lowest BCUT2D eigenvalue weighted by Crippen LogP contribution is -2.29. The average Bonchev–Trinajstić information content (AvgIpc) is 3.41. The number of carbonyl (C=O) groups excluding carboxylic acids is 2. The van der Waals surface area contributed by atoms with Crippen LogP contribution >= 0.6 is 11.3 Å². The van der Waals surface area contributed by atoms with E-state index in [-0.39, 0.29) is 22.9 Å². The molecule has 1 saturated heterocycles. The molecular weight excluding hydrogens is 498 g/mol. The van der Waals surface area contributed by atoms with E-state index in [4.69, 9.17) is 9.72 Å². The summed E-state index contributed by atoms with van der Waals surface area (Å²) in [4.78, 5) is 37.2. The molecule has 38 heavy (non-hydrogen) atoms. The van der Waals surface area contributed by atoms with Gasteiger partial charge in [-0.05, 0) is 72.9 Å². The summed E-state index contributed by atoms with van der Waals surface area (Å²) in [7, 11) is 0. The molecule has 0 bridgehead atoms. The van der Waals surface area contributed by atoms with Gasteiger partial charge in [0.15, 0.2) is 5.13 Å². The van der Waals surface area contributed by atoms with E-state index in [0.29, 0.717) is 22.0 Å². The van der Waals surface area contributed by atoms with Crippen molar-refractivity contribution in [1.82, 2.24) is 9.97 Å². The Labute approximate surface area is 225 Å². The van der Waals surface area contributed by atoms with E-state index in [1.165, 1.54) is 16.2 Å². The third-order valence-electron chi connectivity index (χ3n) is 6.39. The summed E-state index contributed by atoms with van der Waals surface area (Å²) < 4.78 is 6.61. The molecule has 3 heterocycles. The van der Waals surface area contributed by atoms with Gasteiger partial charge in [-0.1, -0.05) is 44.2 Å². The van der Waals surface area contributed by atoms with E-state index in [1.54, 1.807) is 48.8 Å². The summed E-state index contributed by atoms with van der Waals surface area (Å²) >= 11 is 1.35.